The van der Waals surface area contributed by atoms with Crippen molar-refractivity contribution >= 4 is 40.7 Å². The third-order valence-corrected chi connectivity index (χ3v) is 6.08. The van der Waals surface area contributed by atoms with Crippen LogP contribution in [-0.2, 0) is 9.59 Å². The minimum Gasteiger partial charge on any atom is -0.454 e. The molecule has 8 nitrogen and oxygen atoms in total. The quantitative estimate of drug-likeness (QED) is 0.475. The largest absolute Gasteiger partial charge is 0.454 e. The molecule has 10 heteroatoms. The van der Waals surface area contributed by atoms with Crippen molar-refractivity contribution in [3.8, 4) is 11.5 Å². The number of aliphatic hydroxyl groups is 1. The molecule has 1 fully saturated rings. The highest BCUT2D eigenvalue weighted by Crippen LogP contribution is 2.38. The number of benzene rings is 2. The molecule has 31 heavy (non-hydrogen) atoms. The number of fused-ring (bicyclic) bond motifs is 2. The maximum absolute atomic E-state index is 12.6. The molecule has 4 unspecified atom stereocenters. The number of aliphatic hydroxyl groups excluding tert-OH is 1. The molecular formula is C21H17Cl2N3O5. The summed E-state index contributed by atoms with van der Waals surface area (Å²) in [5, 5.41) is 15.9. The Hall–Kier alpha value is -2.78. The van der Waals surface area contributed by atoms with Crippen molar-refractivity contribution in [3.05, 3.63) is 64.2 Å². The summed E-state index contributed by atoms with van der Waals surface area (Å²) in [4.78, 5) is 24.8. The fraction of sp³-hybridized carbons (Fsp3) is 0.238. The molecule has 160 valence electrons. The smallest absolute Gasteiger partial charge is 0.246 e. The monoisotopic (exact) mass is 461 g/mol. The molecule has 3 N–H and O–H groups in total. The van der Waals surface area contributed by atoms with Crippen LogP contribution in [0.4, 0.5) is 5.69 Å². The van der Waals surface area contributed by atoms with Gasteiger partial charge < -0.3 is 20.0 Å². The second-order valence-electron chi connectivity index (χ2n) is 7.40. The second kappa shape index (κ2) is 7.72. The number of imide groups is 1. The molecule has 2 aromatic rings. The van der Waals surface area contributed by atoms with Gasteiger partial charge in [-0.2, -0.15) is 0 Å². The highest BCUT2D eigenvalue weighted by atomic mass is 35.5. The molecule has 0 bridgehead atoms. The van der Waals surface area contributed by atoms with Crippen molar-refractivity contribution in [3.63, 3.8) is 0 Å². The number of rotatable bonds is 4. The number of carbonyl (C=O) groups excluding carboxylic acids is 2. The van der Waals surface area contributed by atoms with E-state index in [-0.39, 0.29) is 6.79 Å². The first-order chi connectivity index (χ1) is 14.9. The van der Waals surface area contributed by atoms with E-state index in [9.17, 15) is 14.7 Å². The Labute approximate surface area is 187 Å². The molecule has 2 aromatic carbocycles. The lowest BCUT2D eigenvalue weighted by Crippen LogP contribution is -2.55. The first kappa shape index (κ1) is 20.1. The van der Waals surface area contributed by atoms with E-state index in [1.807, 2.05) is 0 Å². The Balaban J connectivity index is 1.52. The molecule has 3 aliphatic rings. The van der Waals surface area contributed by atoms with Crippen LogP contribution in [0.3, 0.4) is 0 Å². The van der Waals surface area contributed by atoms with Gasteiger partial charge in [0.05, 0.1) is 22.7 Å². The third kappa shape index (κ3) is 3.51. The van der Waals surface area contributed by atoms with E-state index in [0.717, 1.165) is 0 Å². The zero-order chi connectivity index (χ0) is 21.7. The number of amides is 2. The van der Waals surface area contributed by atoms with Crippen molar-refractivity contribution in [2.45, 2.75) is 18.2 Å². The fourth-order valence-electron chi connectivity index (χ4n) is 4.00. The normalized spacial score (nSPS) is 25.3. The summed E-state index contributed by atoms with van der Waals surface area (Å²) in [5.74, 6) is -0.412. The summed E-state index contributed by atoms with van der Waals surface area (Å²) >= 11 is 12.3. The average Bonchev–Trinajstić information content (AvgIpc) is 3.33. The van der Waals surface area contributed by atoms with Gasteiger partial charge in [-0.25, -0.2) is 5.01 Å². The van der Waals surface area contributed by atoms with Crippen LogP contribution < -0.4 is 20.2 Å². The number of hydrogen-bond acceptors (Lipinski definition) is 7. The minimum absolute atomic E-state index is 0.118. The van der Waals surface area contributed by atoms with Crippen LogP contribution in [0.1, 0.15) is 11.7 Å². The summed E-state index contributed by atoms with van der Waals surface area (Å²) in [6.07, 6.45) is 2.30. The van der Waals surface area contributed by atoms with Gasteiger partial charge in [-0.05, 0) is 35.9 Å². The Bertz CT molecular complexity index is 1110. The van der Waals surface area contributed by atoms with E-state index in [2.05, 4.69) is 10.7 Å². The molecule has 0 saturated carbocycles. The van der Waals surface area contributed by atoms with Crippen molar-refractivity contribution in [1.29, 1.82) is 0 Å². The number of nitrogens with one attached hydrogen (secondary N) is 2. The van der Waals surface area contributed by atoms with Crippen molar-refractivity contribution in [2.24, 2.45) is 5.92 Å². The van der Waals surface area contributed by atoms with Crippen LogP contribution in [0.2, 0.25) is 10.0 Å². The summed E-state index contributed by atoms with van der Waals surface area (Å²) in [6, 6.07) is 8.46. The summed E-state index contributed by atoms with van der Waals surface area (Å²) < 4.78 is 10.7. The molecule has 0 aromatic heterocycles. The molecule has 3 aliphatic heterocycles. The number of hydrazine groups is 1. The van der Waals surface area contributed by atoms with Gasteiger partial charge >= 0.3 is 0 Å². The number of nitrogens with zero attached hydrogens (tertiary/aromatic N) is 1. The molecule has 2 amide bonds. The van der Waals surface area contributed by atoms with E-state index < -0.39 is 35.9 Å². The Morgan fingerprint density at radius 2 is 1.87 bits per heavy atom. The lowest BCUT2D eigenvalue weighted by Gasteiger charge is -2.40. The first-order valence-electron chi connectivity index (χ1n) is 9.53. The predicted octanol–water partition coefficient (Wildman–Crippen LogP) is 2.66. The third-order valence-electron chi connectivity index (χ3n) is 5.54. The van der Waals surface area contributed by atoms with E-state index in [4.69, 9.17) is 32.7 Å². The van der Waals surface area contributed by atoms with Crippen molar-refractivity contribution in [1.82, 2.24) is 10.3 Å². The second-order valence-corrected chi connectivity index (χ2v) is 8.24. The van der Waals surface area contributed by atoms with Crippen LogP contribution in [-0.4, -0.2) is 40.8 Å². The number of ether oxygens (including phenoxy) is 2. The Morgan fingerprint density at radius 1 is 1.06 bits per heavy atom. The van der Waals surface area contributed by atoms with E-state index >= 15 is 0 Å². The van der Waals surface area contributed by atoms with Crippen molar-refractivity contribution in [2.75, 3.05) is 12.2 Å². The van der Waals surface area contributed by atoms with Gasteiger partial charge in [0.15, 0.2) is 11.5 Å². The maximum atomic E-state index is 12.6. The molecular weight excluding hydrogens is 445 g/mol. The lowest BCUT2D eigenvalue weighted by molar-refractivity contribution is -0.126. The van der Waals surface area contributed by atoms with Gasteiger partial charge in [0, 0.05) is 5.02 Å². The number of anilines is 1. The van der Waals surface area contributed by atoms with E-state index in [1.165, 1.54) is 0 Å². The topological polar surface area (TPSA) is 100 Å². The summed E-state index contributed by atoms with van der Waals surface area (Å²) in [7, 11) is 0. The molecule has 5 rings (SSSR count). The summed E-state index contributed by atoms with van der Waals surface area (Å²) in [5.41, 5.74) is 4.16. The SMILES string of the molecule is O=C1NC(=O)C2C1C=CC(C(O)c1ccc3c(c1)OCO3)N2Nc1ccc(Cl)cc1Cl. The average molecular weight is 462 g/mol. The minimum atomic E-state index is -1.05. The van der Waals surface area contributed by atoms with Gasteiger partial charge in [0.1, 0.15) is 12.1 Å². The molecule has 1 saturated heterocycles. The standard InChI is InChI=1S/C21H17Cl2N3O5/c22-11-2-4-14(13(23)8-11)25-26-15(5-3-12-18(26)21(29)24-20(12)28)19(27)10-1-6-16-17(7-10)31-9-30-16/h1-8,12,15,18-19,25,27H,9H2,(H,24,28,29). The van der Waals surface area contributed by atoms with Crippen LogP contribution in [0.25, 0.3) is 0 Å². The zero-order valence-electron chi connectivity index (χ0n) is 15.9. The maximum Gasteiger partial charge on any atom is 0.246 e. The van der Waals surface area contributed by atoms with Crippen LogP contribution >= 0.6 is 23.2 Å². The van der Waals surface area contributed by atoms with E-state index in [0.29, 0.717) is 32.8 Å². The number of hydrogen-bond donors (Lipinski definition) is 3. The van der Waals surface area contributed by atoms with Gasteiger partial charge in [-0.1, -0.05) is 41.4 Å². The number of halogens is 2. The summed E-state index contributed by atoms with van der Waals surface area (Å²) in [6.45, 7) is 0.118. The molecule has 0 spiro atoms. The Kier molecular flexibility index (Phi) is 5.02. The van der Waals surface area contributed by atoms with Gasteiger partial charge in [0.25, 0.3) is 0 Å². The predicted molar refractivity (Wildman–Crippen MR) is 113 cm³/mol. The molecule has 0 radical (unpaired) electrons. The van der Waals surface area contributed by atoms with E-state index in [1.54, 1.807) is 53.6 Å². The highest BCUT2D eigenvalue weighted by molar-refractivity contribution is 6.36. The van der Waals surface area contributed by atoms with Crippen LogP contribution in [0.5, 0.6) is 11.5 Å². The Morgan fingerprint density at radius 3 is 2.68 bits per heavy atom. The fourth-order valence-corrected chi connectivity index (χ4v) is 4.45. The van der Waals surface area contributed by atoms with Crippen LogP contribution in [0, 0.1) is 5.92 Å². The molecule has 3 heterocycles. The lowest BCUT2D eigenvalue weighted by atomic mass is 9.90. The molecule has 4 atom stereocenters. The van der Waals surface area contributed by atoms with Gasteiger partial charge in [-0.3, -0.25) is 14.9 Å². The van der Waals surface area contributed by atoms with Crippen molar-refractivity contribution < 1.29 is 24.2 Å². The molecule has 0 aliphatic carbocycles. The van der Waals surface area contributed by atoms with Gasteiger partial charge in [-0.15, -0.1) is 0 Å². The first-order valence-corrected chi connectivity index (χ1v) is 10.3. The zero-order valence-corrected chi connectivity index (χ0v) is 17.4. The van der Waals surface area contributed by atoms with Crippen LogP contribution in [0.15, 0.2) is 48.6 Å². The number of carbonyl (C=O) groups is 2. The highest BCUT2D eigenvalue weighted by Gasteiger charge is 2.49. The van der Waals surface area contributed by atoms with Gasteiger partial charge in [0.2, 0.25) is 18.6 Å².